The maximum atomic E-state index is 10.2. The van der Waals surface area contributed by atoms with Gasteiger partial charge in [0.05, 0.1) is 12.2 Å². The van der Waals surface area contributed by atoms with Crippen molar-refractivity contribution in [1.29, 1.82) is 0 Å². The Morgan fingerprint density at radius 1 is 0.941 bits per heavy atom. The molecule has 0 aromatic rings. The third-order valence-corrected chi connectivity index (χ3v) is 6.03. The molecule has 2 N–H and O–H groups in total. The first-order valence-corrected chi connectivity index (χ1v) is 8.55. The third-order valence-electron chi connectivity index (χ3n) is 4.37. The second-order valence-corrected chi connectivity index (χ2v) is 8.15. The fourth-order valence-electron chi connectivity index (χ4n) is 3.33. The lowest BCUT2D eigenvalue weighted by Gasteiger charge is -2.38. The van der Waals surface area contributed by atoms with Crippen molar-refractivity contribution in [1.82, 2.24) is 0 Å². The molecule has 2 nitrogen and oxygen atoms in total. The molecule has 6 atom stereocenters. The molecule has 2 fully saturated rings. The lowest BCUT2D eigenvalue weighted by molar-refractivity contribution is 0.0186. The van der Waals surface area contributed by atoms with Crippen LogP contribution >= 0.6 is 31.9 Å². The van der Waals surface area contributed by atoms with Crippen molar-refractivity contribution < 1.29 is 10.2 Å². The zero-order chi connectivity index (χ0) is 12.4. The monoisotopic (exact) mass is 368 g/mol. The molecular formula is C13H22Br2O2. The van der Waals surface area contributed by atoms with Crippen LogP contribution in [0.15, 0.2) is 0 Å². The molecule has 0 radical (unpaired) electrons. The molecule has 0 spiro atoms. The highest BCUT2D eigenvalue weighted by Crippen LogP contribution is 2.39. The average Bonchev–Trinajstić information content (AvgIpc) is 2.28. The number of hydrogen-bond acceptors (Lipinski definition) is 2. The van der Waals surface area contributed by atoms with Crippen LogP contribution in [0.25, 0.3) is 0 Å². The molecule has 0 amide bonds. The van der Waals surface area contributed by atoms with Gasteiger partial charge in [-0.3, -0.25) is 0 Å². The smallest absolute Gasteiger partial charge is 0.0694 e. The van der Waals surface area contributed by atoms with Crippen molar-refractivity contribution in [2.75, 3.05) is 0 Å². The minimum atomic E-state index is -0.252. The summed E-state index contributed by atoms with van der Waals surface area (Å²) in [5.74, 6) is 0.733. The first kappa shape index (κ1) is 14.3. The Labute approximate surface area is 120 Å². The molecule has 4 heteroatoms. The SMILES string of the molecule is OC1CCCCC1CC1CC(Br)CC(Br)C1O. The number of rotatable bonds is 2. The van der Waals surface area contributed by atoms with E-state index < -0.39 is 0 Å². The van der Waals surface area contributed by atoms with E-state index in [1.807, 2.05) is 0 Å². The maximum absolute atomic E-state index is 10.2. The summed E-state index contributed by atoms with van der Waals surface area (Å²) in [6.45, 7) is 0. The van der Waals surface area contributed by atoms with E-state index >= 15 is 0 Å². The van der Waals surface area contributed by atoms with Crippen molar-refractivity contribution in [2.24, 2.45) is 11.8 Å². The summed E-state index contributed by atoms with van der Waals surface area (Å²) in [6, 6.07) is 0. The van der Waals surface area contributed by atoms with Crippen LogP contribution in [0.4, 0.5) is 0 Å². The van der Waals surface area contributed by atoms with Crippen LogP contribution in [0.3, 0.4) is 0 Å². The Morgan fingerprint density at radius 3 is 2.35 bits per heavy atom. The van der Waals surface area contributed by atoms with Gasteiger partial charge in [-0.2, -0.15) is 0 Å². The molecule has 0 aliphatic heterocycles. The lowest BCUT2D eigenvalue weighted by Crippen LogP contribution is -2.40. The van der Waals surface area contributed by atoms with Crippen LogP contribution in [0.2, 0.25) is 0 Å². The largest absolute Gasteiger partial charge is 0.393 e. The fourth-order valence-corrected chi connectivity index (χ4v) is 5.60. The summed E-state index contributed by atoms with van der Waals surface area (Å²) in [5, 5.41) is 20.2. The molecule has 6 unspecified atom stereocenters. The van der Waals surface area contributed by atoms with Crippen LogP contribution in [0, 0.1) is 11.8 Å². The van der Waals surface area contributed by atoms with Crippen molar-refractivity contribution >= 4 is 31.9 Å². The van der Waals surface area contributed by atoms with Gasteiger partial charge in [0.1, 0.15) is 0 Å². The molecule has 0 saturated heterocycles. The van der Waals surface area contributed by atoms with E-state index in [1.54, 1.807) is 0 Å². The van der Waals surface area contributed by atoms with Crippen LogP contribution in [0.5, 0.6) is 0 Å². The summed E-state index contributed by atoms with van der Waals surface area (Å²) in [7, 11) is 0. The number of halogens is 2. The summed E-state index contributed by atoms with van der Waals surface area (Å²) in [6.07, 6.45) is 7.09. The van der Waals surface area contributed by atoms with Gasteiger partial charge >= 0.3 is 0 Å². The standard InChI is InChI=1S/C13H22Br2O2/c14-10-6-9(13(17)11(15)7-10)5-8-3-1-2-4-12(8)16/h8-13,16-17H,1-7H2. The first-order chi connectivity index (χ1) is 8.08. The molecule has 0 aromatic heterocycles. The Morgan fingerprint density at radius 2 is 1.65 bits per heavy atom. The van der Waals surface area contributed by atoms with Crippen molar-refractivity contribution in [3.63, 3.8) is 0 Å². The zero-order valence-electron chi connectivity index (χ0n) is 10.1. The minimum Gasteiger partial charge on any atom is -0.393 e. The zero-order valence-corrected chi connectivity index (χ0v) is 13.2. The predicted octanol–water partition coefficient (Wildman–Crippen LogP) is 3.23. The Kier molecular flexibility index (Phi) is 5.34. The topological polar surface area (TPSA) is 40.5 Å². The number of hydrogen-bond donors (Lipinski definition) is 2. The fraction of sp³-hybridized carbons (Fsp3) is 1.00. The Balaban J connectivity index is 1.92. The number of alkyl halides is 2. The van der Waals surface area contributed by atoms with E-state index in [9.17, 15) is 10.2 Å². The average molecular weight is 370 g/mol. The molecule has 2 saturated carbocycles. The van der Waals surface area contributed by atoms with Crippen LogP contribution in [-0.2, 0) is 0 Å². The maximum Gasteiger partial charge on any atom is 0.0694 e. The molecule has 2 aliphatic carbocycles. The van der Waals surface area contributed by atoms with Gasteiger partial charge in [0.15, 0.2) is 0 Å². The van der Waals surface area contributed by atoms with Gasteiger partial charge in [-0.25, -0.2) is 0 Å². The molecule has 2 rings (SSSR count). The van der Waals surface area contributed by atoms with Gasteiger partial charge in [-0.05, 0) is 43.9 Å². The predicted molar refractivity (Wildman–Crippen MR) is 76.7 cm³/mol. The molecule has 0 aromatic carbocycles. The van der Waals surface area contributed by atoms with Gasteiger partial charge < -0.3 is 10.2 Å². The second kappa shape index (κ2) is 6.36. The molecule has 17 heavy (non-hydrogen) atoms. The van der Waals surface area contributed by atoms with Crippen molar-refractivity contribution in [2.45, 2.75) is 66.8 Å². The van der Waals surface area contributed by atoms with E-state index in [4.69, 9.17) is 0 Å². The number of aliphatic hydroxyl groups excluding tert-OH is 2. The minimum absolute atomic E-state index is 0.138. The van der Waals surface area contributed by atoms with Gasteiger partial charge in [-0.15, -0.1) is 0 Å². The van der Waals surface area contributed by atoms with E-state index in [-0.39, 0.29) is 17.0 Å². The van der Waals surface area contributed by atoms with E-state index in [1.165, 1.54) is 6.42 Å². The summed E-state index contributed by atoms with van der Waals surface area (Å²) < 4.78 is 0. The van der Waals surface area contributed by atoms with Crippen LogP contribution in [-0.4, -0.2) is 32.1 Å². The third kappa shape index (κ3) is 3.68. The van der Waals surface area contributed by atoms with E-state index in [0.29, 0.717) is 16.7 Å². The Bertz CT molecular complexity index is 250. The van der Waals surface area contributed by atoms with Gasteiger partial charge in [0, 0.05) is 9.65 Å². The van der Waals surface area contributed by atoms with Crippen molar-refractivity contribution in [3.05, 3.63) is 0 Å². The molecular weight excluding hydrogens is 348 g/mol. The Hall–Kier alpha value is 0.880. The molecule has 2 aliphatic rings. The van der Waals surface area contributed by atoms with Crippen molar-refractivity contribution in [3.8, 4) is 0 Å². The van der Waals surface area contributed by atoms with E-state index in [2.05, 4.69) is 31.9 Å². The lowest BCUT2D eigenvalue weighted by atomic mass is 9.75. The highest BCUT2D eigenvalue weighted by molar-refractivity contribution is 9.10. The van der Waals surface area contributed by atoms with Crippen LogP contribution in [0.1, 0.15) is 44.9 Å². The van der Waals surface area contributed by atoms with Crippen LogP contribution < -0.4 is 0 Å². The summed E-state index contributed by atoms with van der Waals surface area (Å²) in [5.41, 5.74) is 0. The summed E-state index contributed by atoms with van der Waals surface area (Å²) in [4.78, 5) is 0.701. The highest BCUT2D eigenvalue weighted by atomic mass is 79.9. The van der Waals surface area contributed by atoms with Gasteiger partial charge in [0.2, 0.25) is 0 Å². The van der Waals surface area contributed by atoms with Gasteiger partial charge in [0.25, 0.3) is 0 Å². The second-order valence-electron chi connectivity index (χ2n) is 5.68. The highest BCUT2D eigenvalue weighted by Gasteiger charge is 2.37. The summed E-state index contributed by atoms with van der Waals surface area (Å²) >= 11 is 7.24. The normalized spacial score (nSPS) is 48.0. The molecule has 0 bridgehead atoms. The first-order valence-electron chi connectivity index (χ1n) is 6.72. The molecule has 0 heterocycles. The number of aliphatic hydroxyl groups is 2. The molecule has 100 valence electrons. The quantitative estimate of drug-likeness (QED) is 0.733. The van der Waals surface area contributed by atoms with E-state index in [0.717, 1.165) is 38.5 Å². The van der Waals surface area contributed by atoms with Gasteiger partial charge in [-0.1, -0.05) is 44.7 Å².